The third-order valence-corrected chi connectivity index (χ3v) is 4.45. The number of amides is 1. The number of furan rings is 1. The van der Waals surface area contributed by atoms with E-state index >= 15 is 0 Å². The number of carbonyl (C=O) groups is 2. The zero-order valence-electron chi connectivity index (χ0n) is 15.3. The summed E-state index contributed by atoms with van der Waals surface area (Å²) in [6.45, 7) is 5.17. The SMILES string of the molecule is Cc1ccc(C(CNC(=O)COc2ccc(C=O)cc2)N2CCOCC2)o1. The molecule has 1 N–H and O–H groups in total. The molecule has 7 heteroatoms. The minimum absolute atomic E-state index is 0.0431. The van der Waals surface area contributed by atoms with Gasteiger partial charge in [-0.25, -0.2) is 0 Å². The Morgan fingerprint density at radius 3 is 2.59 bits per heavy atom. The Labute approximate surface area is 158 Å². The summed E-state index contributed by atoms with van der Waals surface area (Å²) in [4.78, 5) is 25.1. The van der Waals surface area contributed by atoms with E-state index in [4.69, 9.17) is 13.9 Å². The van der Waals surface area contributed by atoms with Crippen LogP contribution in [0, 0.1) is 6.92 Å². The van der Waals surface area contributed by atoms with Gasteiger partial charge in [-0.3, -0.25) is 14.5 Å². The lowest BCUT2D eigenvalue weighted by atomic mass is 10.1. The van der Waals surface area contributed by atoms with Gasteiger partial charge < -0.3 is 19.2 Å². The molecule has 1 unspecified atom stereocenters. The largest absolute Gasteiger partial charge is 0.484 e. The van der Waals surface area contributed by atoms with E-state index in [9.17, 15) is 9.59 Å². The van der Waals surface area contributed by atoms with E-state index in [1.807, 2.05) is 19.1 Å². The lowest BCUT2D eigenvalue weighted by Gasteiger charge is -2.33. The van der Waals surface area contributed by atoms with E-state index in [0.29, 0.717) is 31.1 Å². The first-order valence-corrected chi connectivity index (χ1v) is 8.98. The molecule has 2 heterocycles. The second-order valence-electron chi connectivity index (χ2n) is 6.39. The van der Waals surface area contributed by atoms with Gasteiger partial charge in [-0.1, -0.05) is 0 Å². The van der Waals surface area contributed by atoms with Crippen LogP contribution in [0.4, 0.5) is 0 Å². The number of nitrogens with zero attached hydrogens (tertiary/aromatic N) is 1. The van der Waals surface area contributed by atoms with Gasteiger partial charge in [0.15, 0.2) is 6.61 Å². The number of nitrogens with one attached hydrogen (secondary N) is 1. The third-order valence-electron chi connectivity index (χ3n) is 4.45. The fourth-order valence-corrected chi connectivity index (χ4v) is 2.98. The number of aldehydes is 1. The van der Waals surface area contributed by atoms with Crippen LogP contribution < -0.4 is 10.1 Å². The zero-order chi connectivity index (χ0) is 19.1. The molecule has 0 aliphatic carbocycles. The molecule has 1 saturated heterocycles. The molecule has 0 bridgehead atoms. The van der Waals surface area contributed by atoms with Crippen molar-refractivity contribution in [1.29, 1.82) is 0 Å². The molecule has 1 aromatic heterocycles. The Morgan fingerprint density at radius 2 is 1.96 bits per heavy atom. The lowest BCUT2D eigenvalue weighted by Crippen LogP contribution is -2.44. The molecule has 0 spiro atoms. The van der Waals surface area contributed by atoms with Gasteiger partial charge in [0.05, 0.1) is 19.3 Å². The van der Waals surface area contributed by atoms with Gasteiger partial charge in [-0.15, -0.1) is 0 Å². The van der Waals surface area contributed by atoms with Crippen LogP contribution in [0.25, 0.3) is 0 Å². The van der Waals surface area contributed by atoms with Crippen molar-refractivity contribution in [2.24, 2.45) is 0 Å². The Kier molecular flexibility index (Phi) is 6.62. The monoisotopic (exact) mass is 372 g/mol. The van der Waals surface area contributed by atoms with Crippen LogP contribution >= 0.6 is 0 Å². The third kappa shape index (κ3) is 5.42. The van der Waals surface area contributed by atoms with Crippen LogP contribution in [-0.4, -0.2) is 56.5 Å². The van der Waals surface area contributed by atoms with Crippen molar-refractivity contribution < 1.29 is 23.5 Å². The molecular weight excluding hydrogens is 348 g/mol. The predicted molar refractivity (Wildman–Crippen MR) is 98.9 cm³/mol. The van der Waals surface area contributed by atoms with Gasteiger partial charge in [-0.05, 0) is 43.3 Å². The Balaban J connectivity index is 1.53. The van der Waals surface area contributed by atoms with E-state index in [0.717, 1.165) is 30.9 Å². The second kappa shape index (κ2) is 9.34. The molecule has 7 nitrogen and oxygen atoms in total. The highest BCUT2D eigenvalue weighted by Gasteiger charge is 2.25. The number of benzene rings is 1. The summed E-state index contributed by atoms with van der Waals surface area (Å²) < 4.78 is 16.7. The van der Waals surface area contributed by atoms with Gasteiger partial charge in [0.25, 0.3) is 5.91 Å². The van der Waals surface area contributed by atoms with Crippen molar-refractivity contribution in [2.45, 2.75) is 13.0 Å². The first-order valence-electron chi connectivity index (χ1n) is 8.98. The Morgan fingerprint density at radius 1 is 1.22 bits per heavy atom. The summed E-state index contributed by atoms with van der Waals surface area (Å²) in [5.74, 6) is 2.01. The molecule has 3 rings (SSSR count). The first kappa shape index (κ1) is 19.1. The standard InChI is InChI=1S/C20H24N2O5/c1-15-2-7-19(27-15)18(22-8-10-25-11-9-22)12-21-20(24)14-26-17-5-3-16(13-23)4-6-17/h2-7,13,18H,8-12,14H2,1H3,(H,21,24). The van der Waals surface area contributed by atoms with Crippen molar-refractivity contribution in [3.63, 3.8) is 0 Å². The average molecular weight is 372 g/mol. The number of carbonyl (C=O) groups excluding carboxylic acids is 2. The summed E-state index contributed by atoms with van der Waals surface area (Å²) in [6, 6.07) is 10.5. The van der Waals surface area contributed by atoms with Gasteiger partial charge in [-0.2, -0.15) is 0 Å². The fraction of sp³-hybridized carbons (Fsp3) is 0.400. The normalized spacial score (nSPS) is 15.9. The van der Waals surface area contributed by atoms with Crippen molar-refractivity contribution in [3.8, 4) is 5.75 Å². The zero-order valence-corrected chi connectivity index (χ0v) is 15.3. The van der Waals surface area contributed by atoms with Gasteiger partial charge >= 0.3 is 0 Å². The van der Waals surface area contributed by atoms with Crippen molar-refractivity contribution >= 4 is 12.2 Å². The molecule has 1 aliphatic heterocycles. The van der Waals surface area contributed by atoms with Gasteiger partial charge in [0.1, 0.15) is 23.6 Å². The molecule has 2 aromatic rings. The van der Waals surface area contributed by atoms with Crippen LogP contribution in [0.5, 0.6) is 5.75 Å². The minimum Gasteiger partial charge on any atom is -0.484 e. The fourth-order valence-electron chi connectivity index (χ4n) is 2.98. The maximum Gasteiger partial charge on any atom is 0.258 e. The van der Waals surface area contributed by atoms with Gasteiger partial charge in [0.2, 0.25) is 0 Å². The molecule has 1 fully saturated rings. The first-order chi connectivity index (χ1) is 13.2. The van der Waals surface area contributed by atoms with Crippen LogP contribution in [0.1, 0.15) is 27.9 Å². The second-order valence-corrected chi connectivity index (χ2v) is 6.39. The summed E-state index contributed by atoms with van der Waals surface area (Å²) in [5, 5.41) is 2.92. The van der Waals surface area contributed by atoms with Crippen LogP contribution in [0.15, 0.2) is 40.8 Å². The highest BCUT2D eigenvalue weighted by atomic mass is 16.5. The summed E-state index contributed by atoms with van der Waals surface area (Å²) in [5.41, 5.74) is 0.564. The molecule has 1 amide bonds. The van der Waals surface area contributed by atoms with E-state index in [2.05, 4.69) is 10.2 Å². The number of hydrogen-bond donors (Lipinski definition) is 1. The van der Waals surface area contributed by atoms with Crippen molar-refractivity contribution in [2.75, 3.05) is 39.5 Å². The molecule has 144 valence electrons. The number of ether oxygens (including phenoxy) is 2. The molecule has 0 saturated carbocycles. The number of rotatable bonds is 8. The maximum atomic E-state index is 12.2. The maximum absolute atomic E-state index is 12.2. The van der Waals surface area contributed by atoms with Crippen molar-refractivity contribution in [3.05, 3.63) is 53.5 Å². The molecule has 27 heavy (non-hydrogen) atoms. The van der Waals surface area contributed by atoms with E-state index < -0.39 is 0 Å². The predicted octanol–water partition coefficient (Wildman–Crippen LogP) is 1.97. The highest BCUT2D eigenvalue weighted by molar-refractivity contribution is 5.77. The van der Waals surface area contributed by atoms with Crippen LogP contribution in [0.2, 0.25) is 0 Å². The highest BCUT2D eigenvalue weighted by Crippen LogP contribution is 2.23. The van der Waals surface area contributed by atoms with Gasteiger partial charge in [0, 0.05) is 25.2 Å². The van der Waals surface area contributed by atoms with Crippen LogP contribution in [0.3, 0.4) is 0 Å². The van der Waals surface area contributed by atoms with E-state index in [1.54, 1.807) is 24.3 Å². The molecule has 0 radical (unpaired) electrons. The average Bonchev–Trinajstić information content (AvgIpc) is 3.13. The molecule has 1 aliphatic rings. The minimum atomic E-state index is -0.212. The Bertz CT molecular complexity index is 750. The molecular formula is C20H24N2O5. The van der Waals surface area contributed by atoms with Crippen LogP contribution in [-0.2, 0) is 9.53 Å². The lowest BCUT2D eigenvalue weighted by molar-refractivity contribution is -0.123. The molecule has 1 atom stereocenters. The topological polar surface area (TPSA) is 81.0 Å². The summed E-state index contributed by atoms with van der Waals surface area (Å²) in [7, 11) is 0. The summed E-state index contributed by atoms with van der Waals surface area (Å²) >= 11 is 0. The van der Waals surface area contributed by atoms with E-state index in [1.165, 1.54) is 0 Å². The summed E-state index contributed by atoms with van der Waals surface area (Å²) in [6.07, 6.45) is 0.763. The number of aryl methyl sites for hydroxylation is 1. The van der Waals surface area contributed by atoms with Crippen molar-refractivity contribution in [1.82, 2.24) is 10.2 Å². The smallest absolute Gasteiger partial charge is 0.258 e. The quantitative estimate of drug-likeness (QED) is 0.714. The Hall–Kier alpha value is -2.64. The number of hydrogen-bond acceptors (Lipinski definition) is 6. The number of morpholine rings is 1. The molecule has 1 aromatic carbocycles. The van der Waals surface area contributed by atoms with E-state index in [-0.39, 0.29) is 18.6 Å².